The number of aromatic amines is 1. The number of piperidine rings is 1. The summed E-state index contributed by atoms with van der Waals surface area (Å²) in [6, 6.07) is 5.27. The molecule has 4 aromatic heterocycles. The summed E-state index contributed by atoms with van der Waals surface area (Å²) in [6.07, 6.45) is 0.0983. The summed E-state index contributed by atoms with van der Waals surface area (Å²) in [5.74, 6) is 1.12. The minimum atomic E-state index is -4.26. The first-order chi connectivity index (χ1) is 21.9. The lowest BCUT2D eigenvalue weighted by atomic mass is 10.0. The fourth-order valence-electron chi connectivity index (χ4n) is 6.07. The van der Waals surface area contributed by atoms with E-state index in [1.165, 1.54) is 12.0 Å². The molecule has 1 saturated heterocycles. The highest BCUT2D eigenvalue weighted by Gasteiger charge is 2.35. The van der Waals surface area contributed by atoms with E-state index in [1.54, 1.807) is 43.9 Å². The van der Waals surface area contributed by atoms with Gasteiger partial charge in [0.1, 0.15) is 23.1 Å². The topological polar surface area (TPSA) is 133 Å². The monoisotopic (exact) mass is 641 g/mol. The maximum atomic E-state index is 13.8. The number of carbonyl (C=O) groups excluding carboxylic acids is 1. The standard InChI is InChI=1S/C31H38F3N9O3/c1-6-42(21-8-11-41(12-9-21)17-31(32,33)34)30-19(3)26(29(45)37-15-23-24(46-5)13-18(2)39-28(23)44)40-27-22(16-38-43(27)30)20-7-10-36-25(14-20)35-4/h7,10,13-14,16,21H,6,8-9,11-12,15,17H2,1-5H3,(H,35,36)(H,37,45)(H,39,44). The Balaban J connectivity index is 1.56. The van der Waals surface area contributed by atoms with Crippen LogP contribution in [-0.2, 0) is 6.54 Å². The average molecular weight is 642 g/mol. The van der Waals surface area contributed by atoms with Gasteiger partial charge in [-0.3, -0.25) is 14.5 Å². The first kappa shape index (κ1) is 32.7. The summed E-state index contributed by atoms with van der Waals surface area (Å²) >= 11 is 0. The molecule has 0 atom stereocenters. The second-order valence-electron chi connectivity index (χ2n) is 11.3. The number of methoxy groups -OCH3 is 1. The van der Waals surface area contributed by atoms with Gasteiger partial charge in [-0.15, -0.1) is 0 Å². The summed E-state index contributed by atoms with van der Waals surface area (Å²) in [5.41, 5.74) is 3.09. The summed E-state index contributed by atoms with van der Waals surface area (Å²) in [6.45, 7) is 5.56. The van der Waals surface area contributed by atoms with Crippen LogP contribution in [0.3, 0.4) is 0 Å². The van der Waals surface area contributed by atoms with Crippen LogP contribution in [0.5, 0.6) is 5.75 Å². The smallest absolute Gasteiger partial charge is 0.401 e. The highest BCUT2D eigenvalue weighted by molar-refractivity contribution is 5.96. The molecule has 5 rings (SSSR count). The average Bonchev–Trinajstić information content (AvgIpc) is 3.45. The van der Waals surface area contributed by atoms with Gasteiger partial charge in [-0.05, 0) is 57.4 Å². The zero-order chi connectivity index (χ0) is 33.2. The largest absolute Gasteiger partial charge is 0.496 e. The van der Waals surface area contributed by atoms with E-state index >= 15 is 0 Å². The molecule has 0 unspecified atom stereocenters. The molecular formula is C31H38F3N9O3. The van der Waals surface area contributed by atoms with E-state index in [4.69, 9.17) is 14.8 Å². The normalized spacial score (nSPS) is 14.4. The molecule has 1 fully saturated rings. The number of hydrogen-bond acceptors (Lipinski definition) is 9. The molecule has 0 bridgehead atoms. The number of nitrogens with zero attached hydrogens (tertiary/aromatic N) is 6. The minimum absolute atomic E-state index is 0.0884. The number of likely N-dealkylation sites (tertiary alicyclic amines) is 1. The van der Waals surface area contributed by atoms with Crippen LogP contribution < -0.4 is 25.8 Å². The molecule has 1 aliphatic rings. The third kappa shape index (κ3) is 6.78. The predicted molar refractivity (Wildman–Crippen MR) is 169 cm³/mol. The molecular weight excluding hydrogens is 603 g/mol. The molecule has 0 radical (unpaired) electrons. The van der Waals surface area contributed by atoms with Gasteiger partial charge in [0.05, 0.1) is 32.0 Å². The van der Waals surface area contributed by atoms with E-state index in [1.807, 2.05) is 19.1 Å². The summed E-state index contributed by atoms with van der Waals surface area (Å²) in [5, 5.41) is 10.5. The van der Waals surface area contributed by atoms with Crippen LogP contribution in [0.25, 0.3) is 16.8 Å². The Bertz CT molecular complexity index is 1780. The lowest BCUT2D eigenvalue weighted by Crippen LogP contribution is -2.48. The third-order valence-electron chi connectivity index (χ3n) is 8.28. The van der Waals surface area contributed by atoms with Gasteiger partial charge in [0.2, 0.25) is 0 Å². The van der Waals surface area contributed by atoms with Gasteiger partial charge in [-0.2, -0.15) is 22.8 Å². The van der Waals surface area contributed by atoms with Crippen molar-refractivity contribution in [2.75, 3.05) is 50.6 Å². The highest BCUT2D eigenvalue weighted by Crippen LogP contribution is 2.33. The number of aryl methyl sites for hydroxylation is 1. The number of pyridine rings is 2. The molecule has 5 heterocycles. The number of rotatable bonds is 10. The van der Waals surface area contributed by atoms with E-state index in [0.717, 1.165) is 5.56 Å². The molecule has 15 heteroatoms. The van der Waals surface area contributed by atoms with E-state index in [2.05, 4.69) is 25.5 Å². The molecule has 1 amide bonds. The number of alkyl halides is 3. The second kappa shape index (κ2) is 13.4. The highest BCUT2D eigenvalue weighted by atomic mass is 19.4. The van der Waals surface area contributed by atoms with Crippen molar-refractivity contribution in [1.29, 1.82) is 0 Å². The van der Waals surface area contributed by atoms with E-state index in [-0.39, 0.29) is 29.4 Å². The van der Waals surface area contributed by atoms with E-state index in [9.17, 15) is 22.8 Å². The van der Waals surface area contributed by atoms with Crippen molar-refractivity contribution in [2.24, 2.45) is 0 Å². The van der Waals surface area contributed by atoms with Crippen LogP contribution in [0.15, 0.2) is 35.4 Å². The fourth-order valence-corrected chi connectivity index (χ4v) is 6.07. The van der Waals surface area contributed by atoms with Gasteiger partial charge in [0.15, 0.2) is 5.65 Å². The summed E-state index contributed by atoms with van der Waals surface area (Å²) in [4.78, 5) is 41.9. The Kier molecular flexibility index (Phi) is 9.51. The fraction of sp³-hybridized carbons (Fsp3) is 0.452. The molecule has 0 saturated carbocycles. The maximum Gasteiger partial charge on any atom is 0.401 e. The van der Waals surface area contributed by atoms with Gasteiger partial charge in [-0.1, -0.05) is 0 Å². The Morgan fingerprint density at radius 3 is 2.61 bits per heavy atom. The van der Waals surface area contributed by atoms with Crippen LogP contribution in [0.1, 0.15) is 47.1 Å². The van der Waals surface area contributed by atoms with Crippen LogP contribution in [-0.4, -0.2) is 87.9 Å². The Morgan fingerprint density at radius 2 is 1.96 bits per heavy atom. The van der Waals surface area contributed by atoms with Gasteiger partial charge in [-0.25, -0.2) is 9.97 Å². The SMILES string of the molecule is CCN(c1c(C)c(C(=O)NCc2c(OC)cc(C)[nH]c2=O)nc2c(-c3ccnc(NC)c3)cnn12)C1CCN(CC(F)(F)F)CC1. The quantitative estimate of drug-likeness (QED) is 0.236. The van der Waals surface area contributed by atoms with Crippen molar-refractivity contribution in [1.82, 2.24) is 34.8 Å². The summed E-state index contributed by atoms with van der Waals surface area (Å²) in [7, 11) is 3.22. The van der Waals surface area contributed by atoms with Gasteiger partial charge in [0.25, 0.3) is 11.5 Å². The number of anilines is 2. The van der Waals surface area contributed by atoms with Crippen molar-refractivity contribution in [3.8, 4) is 16.9 Å². The number of halogens is 3. The van der Waals surface area contributed by atoms with Crippen LogP contribution >= 0.6 is 0 Å². The molecule has 12 nitrogen and oxygen atoms in total. The lowest BCUT2D eigenvalue weighted by Gasteiger charge is -2.40. The van der Waals surface area contributed by atoms with E-state index < -0.39 is 18.6 Å². The summed E-state index contributed by atoms with van der Waals surface area (Å²) < 4.78 is 46.3. The molecule has 0 aliphatic carbocycles. The number of ether oxygens (including phenoxy) is 1. The number of aromatic nitrogens is 5. The molecule has 1 aliphatic heterocycles. The van der Waals surface area contributed by atoms with Gasteiger partial charge in [0, 0.05) is 55.7 Å². The number of fused-ring (bicyclic) bond motifs is 1. The number of hydrogen-bond donors (Lipinski definition) is 3. The first-order valence-electron chi connectivity index (χ1n) is 15.1. The molecule has 0 spiro atoms. The van der Waals surface area contributed by atoms with Crippen LogP contribution in [0.4, 0.5) is 24.8 Å². The zero-order valence-electron chi connectivity index (χ0n) is 26.5. The van der Waals surface area contributed by atoms with Gasteiger partial charge >= 0.3 is 6.18 Å². The van der Waals surface area contributed by atoms with Crippen molar-refractivity contribution < 1.29 is 22.7 Å². The van der Waals surface area contributed by atoms with E-state index in [0.29, 0.717) is 72.3 Å². The molecule has 0 aromatic carbocycles. The minimum Gasteiger partial charge on any atom is -0.496 e. The molecule has 4 aromatic rings. The number of H-pyrrole nitrogens is 1. The maximum absolute atomic E-state index is 13.8. The second-order valence-corrected chi connectivity index (χ2v) is 11.3. The third-order valence-corrected chi connectivity index (χ3v) is 8.28. The van der Waals surface area contributed by atoms with Crippen LogP contribution in [0.2, 0.25) is 0 Å². The Morgan fingerprint density at radius 1 is 1.22 bits per heavy atom. The van der Waals surface area contributed by atoms with Crippen molar-refractivity contribution in [3.63, 3.8) is 0 Å². The lowest BCUT2D eigenvalue weighted by molar-refractivity contribution is -0.147. The predicted octanol–water partition coefficient (Wildman–Crippen LogP) is 3.93. The number of amides is 1. The van der Waals surface area contributed by atoms with Gasteiger partial charge < -0.3 is 25.3 Å². The number of carbonyl (C=O) groups is 1. The van der Waals surface area contributed by atoms with Crippen molar-refractivity contribution >= 4 is 23.2 Å². The van der Waals surface area contributed by atoms with Crippen molar-refractivity contribution in [3.05, 3.63) is 63.5 Å². The van der Waals surface area contributed by atoms with Crippen molar-refractivity contribution in [2.45, 2.75) is 52.4 Å². The zero-order valence-corrected chi connectivity index (χ0v) is 26.5. The first-order valence-corrected chi connectivity index (χ1v) is 15.1. The molecule has 246 valence electrons. The Labute approximate surface area is 264 Å². The molecule has 3 N–H and O–H groups in total. The Hall–Kier alpha value is -4.66. The molecule has 46 heavy (non-hydrogen) atoms. The van der Waals surface area contributed by atoms with Crippen LogP contribution in [0, 0.1) is 13.8 Å². The number of nitrogens with one attached hydrogen (secondary N) is 3.